The molecule has 0 aliphatic carbocycles. The number of urea groups is 1. The van der Waals surface area contributed by atoms with Crippen molar-refractivity contribution in [1.82, 2.24) is 10.6 Å². The summed E-state index contributed by atoms with van der Waals surface area (Å²) in [6.07, 6.45) is 1.82. The monoisotopic (exact) mass is 196 g/mol. The Morgan fingerprint density at radius 2 is 1.79 bits per heavy atom. The molecule has 14 heavy (non-hydrogen) atoms. The van der Waals surface area contributed by atoms with E-state index in [-0.39, 0.29) is 11.6 Å². The van der Waals surface area contributed by atoms with Crippen LogP contribution in [0.3, 0.4) is 0 Å². The summed E-state index contributed by atoms with van der Waals surface area (Å²) >= 11 is 0. The first kappa shape index (κ1) is 12.8. The van der Waals surface area contributed by atoms with E-state index < -0.39 is 0 Å². The lowest BCUT2D eigenvalue weighted by molar-refractivity contribution is 0.234. The van der Waals surface area contributed by atoms with E-state index in [1.165, 1.54) is 0 Å². The van der Waals surface area contributed by atoms with Crippen molar-refractivity contribution in [2.24, 2.45) is 0 Å². The minimum absolute atomic E-state index is 0.187. The molecule has 0 aromatic carbocycles. The fourth-order valence-electron chi connectivity index (χ4n) is 0.957. The molecule has 3 heteroatoms. The summed E-state index contributed by atoms with van der Waals surface area (Å²) in [6, 6.07) is -0.187. The maximum absolute atomic E-state index is 11.4. The van der Waals surface area contributed by atoms with E-state index in [1.807, 2.05) is 40.7 Å². The molecule has 80 valence electrons. The summed E-state index contributed by atoms with van der Waals surface area (Å²) in [6.45, 7) is 13.2. The molecule has 3 nitrogen and oxygen atoms in total. The molecule has 0 saturated carbocycles. The zero-order valence-corrected chi connectivity index (χ0v) is 9.69. The lowest BCUT2D eigenvalue weighted by atomic mass is 10.1. The highest BCUT2D eigenvalue weighted by Gasteiger charge is 2.12. The summed E-state index contributed by atoms with van der Waals surface area (Å²) in [5.41, 5.74) is 1.49. The third kappa shape index (κ3) is 7.40. The molecule has 0 spiro atoms. The van der Waals surface area contributed by atoms with Crippen LogP contribution in [0.2, 0.25) is 0 Å². The fraction of sp³-hybridized carbons (Fsp3) is 0.545. The predicted molar refractivity (Wildman–Crippen MR) is 60.0 cm³/mol. The van der Waals surface area contributed by atoms with Crippen LogP contribution < -0.4 is 10.6 Å². The smallest absolute Gasteiger partial charge is 0.319 e. The Balaban J connectivity index is 4.14. The van der Waals surface area contributed by atoms with Gasteiger partial charge in [0.25, 0.3) is 0 Å². The highest BCUT2D eigenvalue weighted by Crippen LogP contribution is 1.99. The Bertz CT molecular complexity index is 259. The quantitative estimate of drug-likeness (QED) is 0.655. The van der Waals surface area contributed by atoms with Crippen LogP contribution in [0.15, 0.2) is 23.9 Å². The van der Waals surface area contributed by atoms with Gasteiger partial charge in [-0.2, -0.15) is 0 Å². The first-order valence-corrected chi connectivity index (χ1v) is 4.64. The third-order valence-electron chi connectivity index (χ3n) is 1.26. The molecule has 0 fully saturated rings. The van der Waals surface area contributed by atoms with Crippen molar-refractivity contribution in [3.63, 3.8) is 0 Å². The number of hydrogen-bond donors (Lipinski definition) is 2. The molecule has 0 aliphatic heterocycles. The van der Waals surface area contributed by atoms with Gasteiger partial charge >= 0.3 is 6.03 Å². The Morgan fingerprint density at radius 1 is 1.29 bits per heavy atom. The van der Waals surface area contributed by atoms with Crippen molar-refractivity contribution in [1.29, 1.82) is 0 Å². The van der Waals surface area contributed by atoms with Crippen molar-refractivity contribution in [2.45, 2.75) is 40.2 Å². The van der Waals surface area contributed by atoms with E-state index in [1.54, 1.807) is 0 Å². The lowest BCUT2D eigenvalue weighted by Crippen LogP contribution is -2.45. The largest absolute Gasteiger partial charge is 0.333 e. The van der Waals surface area contributed by atoms with Crippen LogP contribution in [-0.2, 0) is 0 Å². The van der Waals surface area contributed by atoms with Gasteiger partial charge in [0, 0.05) is 11.2 Å². The minimum atomic E-state index is -0.215. The van der Waals surface area contributed by atoms with Crippen molar-refractivity contribution in [3.8, 4) is 0 Å². The summed E-state index contributed by atoms with van der Waals surface area (Å²) in [5.74, 6) is 0. The van der Waals surface area contributed by atoms with Gasteiger partial charge in [0.2, 0.25) is 0 Å². The van der Waals surface area contributed by atoms with Crippen LogP contribution in [0.25, 0.3) is 0 Å². The molecule has 2 N–H and O–H groups in total. The Labute approximate surface area is 86.3 Å². The molecule has 0 atom stereocenters. The zero-order chi connectivity index (χ0) is 11.4. The van der Waals surface area contributed by atoms with Gasteiger partial charge in [0.05, 0.1) is 0 Å². The first-order valence-electron chi connectivity index (χ1n) is 4.64. The number of allylic oxidation sites excluding steroid dienone is 3. The van der Waals surface area contributed by atoms with E-state index in [0.29, 0.717) is 0 Å². The lowest BCUT2D eigenvalue weighted by Gasteiger charge is -2.20. The summed E-state index contributed by atoms with van der Waals surface area (Å²) < 4.78 is 0. The molecule has 0 saturated heterocycles. The second-order valence-electron chi connectivity index (χ2n) is 4.50. The number of nitrogens with one attached hydrogen (secondary N) is 2. The second kappa shape index (κ2) is 4.84. The molecular formula is C11H20N2O. The number of carbonyl (C=O) groups excluding carboxylic acids is 1. The molecule has 0 aromatic heterocycles. The third-order valence-corrected chi connectivity index (χ3v) is 1.26. The van der Waals surface area contributed by atoms with Crippen LogP contribution in [0.4, 0.5) is 4.79 Å². The molecular weight excluding hydrogens is 176 g/mol. The van der Waals surface area contributed by atoms with Gasteiger partial charge in [-0.1, -0.05) is 12.2 Å². The Morgan fingerprint density at radius 3 is 2.14 bits per heavy atom. The van der Waals surface area contributed by atoms with Crippen molar-refractivity contribution >= 4 is 6.03 Å². The average molecular weight is 196 g/mol. The fourth-order valence-corrected chi connectivity index (χ4v) is 0.957. The van der Waals surface area contributed by atoms with E-state index in [9.17, 15) is 4.79 Å². The Kier molecular flexibility index (Phi) is 4.41. The standard InChI is InChI=1S/C11H20N2O/c1-8(2)7-9(3)12-10(14)13-11(4,5)6/h7H,1H2,2-6H3,(H2,12,13,14)/b9-7-. The maximum atomic E-state index is 11.4. The highest BCUT2D eigenvalue weighted by atomic mass is 16.2. The zero-order valence-electron chi connectivity index (χ0n) is 9.69. The van der Waals surface area contributed by atoms with Crippen molar-refractivity contribution < 1.29 is 4.79 Å². The molecule has 0 rings (SSSR count). The van der Waals surface area contributed by atoms with Crippen LogP contribution in [0, 0.1) is 0 Å². The van der Waals surface area contributed by atoms with Crippen molar-refractivity contribution in [2.75, 3.05) is 0 Å². The number of carbonyl (C=O) groups is 1. The maximum Gasteiger partial charge on any atom is 0.319 e. The molecule has 0 radical (unpaired) electrons. The predicted octanol–water partition coefficient (Wildman–Crippen LogP) is 2.56. The molecule has 0 aromatic rings. The Hall–Kier alpha value is -1.25. The van der Waals surface area contributed by atoms with Crippen LogP contribution in [0.5, 0.6) is 0 Å². The number of hydrogen-bond acceptors (Lipinski definition) is 1. The number of rotatable bonds is 2. The van der Waals surface area contributed by atoms with Gasteiger partial charge in [-0.15, -0.1) is 0 Å². The van der Waals surface area contributed by atoms with Crippen LogP contribution >= 0.6 is 0 Å². The van der Waals surface area contributed by atoms with E-state index in [4.69, 9.17) is 0 Å². The first-order chi connectivity index (χ1) is 6.20. The van der Waals surface area contributed by atoms with Crippen LogP contribution in [-0.4, -0.2) is 11.6 Å². The minimum Gasteiger partial charge on any atom is -0.333 e. The van der Waals surface area contributed by atoms with Gasteiger partial charge in [-0.05, 0) is 40.7 Å². The topological polar surface area (TPSA) is 41.1 Å². The summed E-state index contributed by atoms with van der Waals surface area (Å²) in [4.78, 5) is 11.4. The van der Waals surface area contributed by atoms with Gasteiger partial charge in [0.15, 0.2) is 0 Å². The van der Waals surface area contributed by atoms with Gasteiger partial charge in [-0.25, -0.2) is 4.79 Å². The molecule has 0 heterocycles. The van der Waals surface area contributed by atoms with E-state index in [0.717, 1.165) is 11.3 Å². The number of amides is 2. The van der Waals surface area contributed by atoms with Gasteiger partial charge in [-0.3, -0.25) is 0 Å². The SMILES string of the molecule is C=C(C)/C=C(/C)NC(=O)NC(C)(C)C. The van der Waals surface area contributed by atoms with Crippen LogP contribution in [0.1, 0.15) is 34.6 Å². The van der Waals surface area contributed by atoms with Gasteiger partial charge in [0.1, 0.15) is 0 Å². The molecule has 2 amide bonds. The van der Waals surface area contributed by atoms with E-state index >= 15 is 0 Å². The summed E-state index contributed by atoms with van der Waals surface area (Å²) in [5, 5.41) is 5.52. The normalized spacial score (nSPS) is 12.2. The molecule has 0 bridgehead atoms. The second-order valence-corrected chi connectivity index (χ2v) is 4.50. The summed E-state index contributed by atoms with van der Waals surface area (Å²) in [7, 11) is 0. The van der Waals surface area contributed by atoms with Crippen molar-refractivity contribution in [3.05, 3.63) is 23.9 Å². The van der Waals surface area contributed by atoms with Gasteiger partial charge < -0.3 is 10.6 Å². The molecule has 0 unspecified atom stereocenters. The molecule has 0 aliphatic rings. The highest BCUT2D eigenvalue weighted by molar-refractivity contribution is 5.76. The average Bonchev–Trinajstić information content (AvgIpc) is 1.77. The van der Waals surface area contributed by atoms with E-state index in [2.05, 4.69) is 17.2 Å².